The highest BCUT2D eigenvalue weighted by Gasteiger charge is 2.18. The van der Waals surface area contributed by atoms with Crippen molar-refractivity contribution in [2.24, 2.45) is 0 Å². The standard InChI is InChI=1S/C30H23Cl3N4O3S/c1-18(28(38)37-27-14-13-20(31)17-34-27)41-22-10-5-9-21(15-22)35-30(40)26(16-23-24(32)11-6-12-25(23)33)36-29(39)19-7-3-2-4-8-19/h2-18H,1H3,(H,35,40)(H,36,39)(H,34,37,38)/b26-16+. The number of nitrogens with zero attached hydrogens (tertiary/aromatic N) is 1. The number of nitrogens with one attached hydrogen (secondary N) is 3. The van der Waals surface area contributed by atoms with Crippen molar-refractivity contribution >= 4 is 81.9 Å². The number of anilines is 2. The second-order valence-corrected chi connectivity index (χ2v) is 11.3. The monoisotopic (exact) mass is 624 g/mol. The Hall–Kier alpha value is -3.82. The first-order valence-electron chi connectivity index (χ1n) is 12.2. The summed E-state index contributed by atoms with van der Waals surface area (Å²) in [4.78, 5) is 43.8. The molecule has 1 heterocycles. The van der Waals surface area contributed by atoms with Crippen molar-refractivity contribution < 1.29 is 14.4 Å². The van der Waals surface area contributed by atoms with Gasteiger partial charge in [0.1, 0.15) is 11.5 Å². The van der Waals surface area contributed by atoms with E-state index in [0.29, 0.717) is 37.7 Å². The Bertz CT molecular complexity index is 1580. The van der Waals surface area contributed by atoms with Crippen LogP contribution < -0.4 is 16.0 Å². The average Bonchev–Trinajstić information content (AvgIpc) is 2.96. The predicted octanol–water partition coefficient (Wildman–Crippen LogP) is 7.57. The summed E-state index contributed by atoms with van der Waals surface area (Å²) in [6, 6.07) is 23.7. The van der Waals surface area contributed by atoms with E-state index in [1.165, 1.54) is 24.0 Å². The van der Waals surface area contributed by atoms with E-state index in [4.69, 9.17) is 34.8 Å². The Morgan fingerprint density at radius 1 is 0.854 bits per heavy atom. The van der Waals surface area contributed by atoms with Gasteiger partial charge < -0.3 is 16.0 Å². The molecule has 3 aromatic carbocycles. The molecule has 0 saturated carbocycles. The third kappa shape index (κ3) is 8.58. The zero-order valence-corrected chi connectivity index (χ0v) is 24.6. The quantitative estimate of drug-likeness (QED) is 0.132. The minimum atomic E-state index is -0.591. The predicted molar refractivity (Wildman–Crippen MR) is 167 cm³/mol. The molecule has 208 valence electrons. The van der Waals surface area contributed by atoms with Crippen molar-refractivity contribution in [1.29, 1.82) is 0 Å². The van der Waals surface area contributed by atoms with Crippen molar-refractivity contribution in [3.05, 3.63) is 123 Å². The summed E-state index contributed by atoms with van der Waals surface area (Å²) < 4.78 is 0. The summed E-state index contributed by atoms with van der Waals surface area (Å²) >= 11 is 19.8. The number of hydrogen-bond acceptors (Lipinski definition) is 5. The number of pyridine rings is 1. The molecule has 0 radical (unpaired) electrons. The maximum atomic E-state index is 13.4. The van der Waals surface area contributed by atoms with Gasteiger partial charge in [-0.15, -0.1) is 11.8 Å². The van der Waals surface area contributed by atoms with Crippen LogP contribution in [0.15, 0.2) is 102 Å². The van der Waals surface area contributed by atoms with Gasteiger partial charge in [-0.2, -0.15) is 0 Å². The molecule has 41 heavy (non-hydrogen) atoms. The van der Waals surface area contributed by atoms with Crippen LogP contribution in [0.25, 0.3) is 6.08 Å². The molecule has 7 nitrogen and oxygen atoms in total. The number of hydrogen-bond donors (Lipinski definition) is 3. The molecule has 4 aromatic rings. The maximum Gasteiger partial charge on any atom is 0.272 e. The topological polar surface area (TPSA) is 100 Å². The Labute approximate surface area is 256 Å². The summed E-state index contributed by atoms with van der Waals surface area (Å²) in [6.45, 7) is 1.76. The van der Waals surface area contributed by atoms with Crippen molar-refractivity contribution in [1.82, 2.24) is 10.3 Å². The van der Waals surface area contributed by atoms with Gasteiger partial charge in [0.2, 0.25) is 5.91 Å². The summed E-state index contributed by atoms with van der Waals surface area (Å²) in [6.07, 6.45) is 2.88. The molecule has 0 bridgehead atoms. The van der Waals surface area contributed by atoms with Crippen LogP contribution in [0.2, 0.25) is 15.1 Å². The Morgan fingerprint density at radius 2 is 1.56 bits per heavy atom. The van der Waals surface area contributed by atoms with Crippen molar-refractivity contribution in [3.63, 3.8) is 0 Å². The Kier molecular flexibility index (Phi) is 10.4. The number of aromatic nitrogens is 1. The molecule has 4 rings (SSSR count). The van der Waals surface area contributed by atoms with Crippen LogP contribution in [0.3, 0.4) is 0 Å². The first-order valence-corrected chi connectivity index (χ1v) is 14.2. The van der Waals surface area contributed by atoms with Crippen LogP contribution in [0.4, 0.5) is 11.5 Å². The lowest BCUT2D eigenvalue weighted by Gasteiger charge is -2.14. The van der Waals surface area contributed by atoms with E-state index in [1.807, 2.05) is 6.07 Å². The van der Waals surface area contributed by atoms with Crippen LogP contribution in [0.5, 0.6) is 0 Å². The fraction of sp³-hybridized carbons (Fsp3) is 0.0667. The smallest absolute Gasteiger partial charge is 0.272 e. The van der Waals surface area contributed by atoms with Gasteiger partial charge in [0.25, 0.3) is 11.8 Å². The van der Waals surface area contributed by atoms with Crippen LogP contribution >= 0.6 is 46.6 Å². The highest BCUT2D eigenvalue weighted by molar-refractivity contribution is 8.00. The molecule has 1 aromatic heterocycles. The molecular formula is C30H23Cl3N4O3S. The lowest BCUT2D eigenvalue weighted by molar-refractivity contribution is -0.115. The van der Waals surface area contributed by atoms with E-state index in [9.17, 15) is 14.4 Å². The van der Waals surface area contributed by atoms with E-state index in [2.05, 4.69) is 20.9 Å². The zero-order valence-electron chi connectivity index (χ0n) is 21.5. The van der Waals surface area contributed by atoms with Crippen LogP contribution in [-0.4, -0.2) is 28.0 Å². The molecule has 0 saturated heterocycles. The molecule has 3 amide bonds. The van der Waals surface area contributed by atoms with Gasteiger partial charge in [-0.05, 0) is 67.6 Å². The lowest BCUT2D eigenvalue weighted by atomic mass is 10.1. The number of amides is 3. The highest BCUT2D eigenvalue weighted by atomic mass is 35.5. The first kappa shape index (κ1) is 30.1. The number of rotatable bonds is 9. The minimum absolute atomic E-state index is 0.0601. The minimum Gasteiger partial charge on any atom is -0.321 e. The fourth-order valence-corrected chi connectivity index (χ4v) is 5.06. The van der Waals surface area contributed by atoms with Gasteiger partial charge in [0, 0.05) is 38.0 Å². The molecule has 0 spiro atoms. The van der Waals surface area contributed by atoms with Gasteiger partial charge >= 0.3 is 0 Å². The van der Waals surface area contributed by atoms with Crippen molar-refractivity contribution in [2.75, 3.05) is 10.6 Å². The number of benzene rings is 3. The van der Waals surface area contributed by atoms with Crippen LogP contribution in [0.1, 0.15) is 22.8 Å². The normalized spacial score (nSPS) is 11.9. The zero-order chi connectivity index (χ0) is 29.4. The number of thioether (sulfide) groups is 1. The third-order valence-corrected chi connectivity index (χ3v) is 7.55. The molecule has 0 aliphatic carbocycles. The molecule has 1 unspecified atom stereocenters. The van der Waals surface area contributed by atoms with E-state index in [0.717, 1.165) is 4.90 Å². The molecule has 1 atom stereocenters. The third-order valence-electron chi connectivity index (χ3n) is 5.57. The van der Waals surface area contributed by atoms with Crippen LogP contribution in [-0.2, 0) is 9.59 Å². The lowest BCUT2D eigenvalue weighted by Crippen LogP contribution is -2.30. The van der Waals surface area contributed by atoms with Gasteiger partial charge in [0.05, 0.1) is 10.3 Å². The van der Waals surface area contributed by atoms with Crippen molar-refractivity contribution in [2.45, 2.75) is 17.1 Å². The second-order valence-electron chi connectivity index (χ2n) is 8.61. The highest BCUT2D eigenvalue weighted by Crippen LogP contribution is 2.28. The molecule has 11 heteroatoms. The summed E-state index contributed by atoms with van der Waals surface area (Å²) in [7, 11) is 0. The summed E-state index contributed by atoms with van der Waals surface area (Å²) in [5.41, 5.74) is 1.15. The molecule has 0 fully saturated rings. The van der Waals surface area contributed by atoms with E-state index < -0.39 is 17.1 Å². The summed E-state index contributed by atoms with van der Waals surface area (Å²) in [5, 5.41) is 8.84. The SMILES string of the molecule is CC(Sc1cccc(NC(=O)/C(=C\c2c(Cl)cccc2Cl)NC(=O)c2ccccc2)c1)C(=O)Nc1ccc(Cl)cn1. The van der Waals surface area contributed by atoms with Gasteiger partial charge in [0.15, 0.2) is 0 Å². The van der Waals surface area contributed by atoms with Gasteiger partial charge in [-0.25, -0.2) is 4.98 Å². The van der Waals surface area contributed by atoms with Crippen LogP contribution in [0, 0.1) is 0 Å². The average molecular weight is 626 g/mol. The molecule has 0 aliphatic rings. The van der Waals surface area contributed by atoms with E-state index in [1.54, 1.807) is 85.8 Å². The van der Waals surface area contributed by atoms with Gasteiger partial charge in [-0.3, -0.25) is 14.4 Å². The van der Waals surface area contributed by atoms with Crippen molar-refractivity contribution in [3.8, 4) is 0 Å². The number of halogens is 3. The maximum absolute atomic E-state index is 13.4. The Morgan fingerprint density at radius 3 is 2.24 bits per heavy atom. The second kappa shape index (κ2) is 14.2. The summed E-state index contributed by atoms with van der Waals surface area (Å²) in [5.74, 6) is -0.922. The fourth-order valence-electron chi connectivity index (χ4n) is 3.52. The molecule has 3 N–H and O–H groups in total. The number of carbonyl (C=O) groups is 3. The van der Waals surface area contributed by atoms with E-state index >= 15 is 0 Å². The molecule has 0 aliphatic heterocycles. The van der Waals surface area contributed by atoms with Gasteiger partial charge in [-0.1, -0.05) is 65.1 Å². The first-order chi connectivity index (χ1) is 19.7. The van der Waals surface area contributed by atoms with E-state index in [-0.39, 0.29) is 11.6 Å². The number of carbonyl (C=O) groups excluding carboxylic acids is 3. The Balaban J connectivity index is 1.51. The molecular weight excluding hydrogens is 603 g/mol. The largest absolute Gasteiger partial charge is 0.321 e.